The van der Waals surface area contributed by atoms with Gasteiger partial charge in [0.05, 0.1) is 0 Å². The first-order valence-corrected chi connectivity index (χ1v) is 8.31. The molecule has 4 rings (SSSR count). The van der Waals surface area contributed by atoms with Crippen LogP contribution in [0.5, 0.6) is 0 Å². The van der Waals surface area contributed by atoms with Crippen LogP contribution in [0.25, 0.3) is 0 Å². The van der Waals surface area contributed by atoms with Gasteiger partial charge in [0.2, 0.25) is 12.3 Å². The van der Waals surface area contributed by atoms with E-state index in [0.717, 1.165) is 56.4 Å². The standard InChI is InChI=1S/C16H23N3O2/c20-16(8-12-5-13-9-14(13)6-12)19-3-1-11(2-4-19)7-15-17-10-21-18-15/h10-14H,1-9H2. The largest absolute Gasteiger partial charge is 0.343 e. The molecule has 2 saturated carbocycles. The summed E-state index contributed by atoms with van der Waals surface area (Å²) in [5, 5.41) is 3.88. The van der Waals surface area contributed by atoms with Crippen molar-refractivity contribution in [1.29, 1.82) is 0 Å². The van der Waals surface area contributed by atoms with Gasteiger partial charge < -0.3 is 9.42 Å². The van der Waals surface area contributed by atoms with Gasteiger partial charge in [0.1, 0.15) is 0 Å². The number of nitrogens with zero attached hydrogens (tertiary/aromatic N) is 3. The molecule has 2 atom stereocenters. The van der Waals surface area contributed by atoms with Crippen molar-refractivity contribution >= 4 is 5.91 Å². The summed E-state index contributed by atoms with van der Waals surface area (Å²) in [6.07, 6.45) is 9.25. The van der Waals surface area contributed by atoms with Crippen LogP contribution < -0.4 is 0 Å². The highest BCUT2D eigenvalue weighted by atomic mass is 16.5. The Hall–Kier alpha value is -1.39. The minimum atomic E-state index is 0.388. The zero-order valence-corrected chi connectivity index (χ0v) is 12.4. The van der Waals surface area contributed by atoms with Crippen LogP contribution in [0.2, 0.25) is 0 Å². The van der Waals surface area contributed by atoms with Crippen molar-refractivity contribution in [3.63, 3.8) is 0 Å². The Bertz CT molecular complexity index is 484. The van der Waals surface area contributed by atoms with Gasteiger partial charge in [-0.05, 0) is 55.8 Å². The number of carbonyl (C=O) groups is 1. The molecule has 1 amide bonds. The molecule has 5 heteroatoms. The lowest BCUT2D eigenvalue weighted by Crippen LogP contribution is -2.39. The lowest BCUT2D eigenvalue weighted by Gasteiger charge is -2.32. The van der Waals surface area contributed by atoms with Gasteiger partial charge in [-0.2, -0.15) is 4.98 Å². The van der Waals surface area contributed by atoms with E-state index in [1.807, 2.05) is 0 Å². The van der Waals surface area contributed by atoms with Crippen molar-refractivity contribution < 1.29 is 9.32 Å². The minimum Gasteiger partial charge on any atom is -0.343 e. The fourth-order valence-corrected chi connectivity index (χ4v) is 4.31. The maximum Gasteiger partial charge on any atom is 0.222 e. The number of likely N-dealkylation sites (tertiary alicyclic amines) is 1. The molecule has 0 radical (unpaired) electrons. The van der Waals surface area contributed by atoms with Crippen LogP contribution in [0.3, 0.4) is 0 Å². The van der Waals surface area contributed by atoms with Crippen molar-refractivity contribution in [2.75, 3.05) is 13.1 Å². The Morgan fingerprint density at radius 3 is 2.62 bits per heavy atom. The minimum absolute atomic E-state index is 0.388. The summed E-state index contributed by atoms with van der Waals surface area (Å²) in [4.78, 5) is 18.6. The molecule has 0 spiro atoms. The first-order chi connectivity index (χ1) is 10.3. The third kappa shape index (κ3) is 2.97. The highest BCUT2D eigenvalue weighted by Crippen LogP contribution is 2.55. The fourth-order valence-electron chi connectivity index (χ4n) is 4.31. The van der Waals surface area contributed by atoms with E-state index < -0.39 is 0 Å². The number of aromatic nitrogens is 2. The van der Waals surface area contributed by atoms with E-state index in [9.17, 15) is 4.79 Å². The molecule has 0 bridgehead atoms. The molecular weight excluding hydrogens is 266 g/mol. The Kier molecular flexibility index (Phi) is 3.43. The average Bonchev–Trinajstić information content (AvgIpc) is 2.90. The van der Waals surface area contributed by atoms with Crippen molar-refractivity contribution in [3.05, 3.63) is 12.2 Å². The van der Waals surface area contributed by atoms with Gasteiger partial charge in [0.25, 0.3) is 0 Å². The summed E-state index contributed by atoms with van der Waals surface area (Å²) in [5.41, 5.74) is 0. The van der Waals surface area contributed by atoms with Crippen LogP contribution >= 0.6 is 0 Å². The predicted molar refractivity (Wildman–Crippen MR) is 76.2 cm³/mol. The summed E-state index contributed by atoms with van der Waals surface area (Å²) in [6, 6.07) is 0. The van der Waals surface area contributed by atoms with Gasteiger partial charge in [-0.25, -0.2) is 0 Å². The highest BCUT2D eigenvalue weighted by molar-refractivity contribution is 5.76. The van der Waals surface area contributed by atoms with Crippen molar-refractivity contribution in [3.8, 4) is 0 Å². The molecule has 1 saturated heterocycles. The Morgan fingerprint density at radius 2 is 1.95 bits per heavy atom. The number of hydrogen-bond acceptors (Lipinski definition) is 4. The van der Waals surface area contributed by atoms with E-state index in [1.54, 1.807) is 0 Å². The molecule has 2 heterocycles. The molecule has 3 fully saturated rings. The van der Waals surface area contributed by atoms with Crippen LogP contribution in [0.4, 0.5) is 0 Å². The molecule has 3 aliphatic rings. The van der Waals surface area contributed by atoms with Crippen molar-refractivity contribution in [1.82, 2.24) is 15.0 Å². The van der Waals surface area contributed by atoms with Gasteiger partial charge in [-0.3, -0.25) is 4.79 Å². The molecular formula is C16H23N3O2. The fraction of sp³-hybridized carbons (Fsp3) is 0.812. The molecule has 0 aromatic carbocycles. The van der Waals surface area contributed by atoms with E-state index in [0.29, 0.717) is 17.7 Å². The molecule has 1 aromatic heterocycles. The van der Waals surface area contributed by atoms with Crippen LogP contribution in [0.15, 0.2) is 10.9 Å². The molecule has 1 aromatic rings. The van der Waals surface area contributed by atoms with Gasteiger partial charge in [0, 0.05) is 25.9 Å². The van der Waals surface area contributed by atoms with Crippen LogP contribution in [-0.2, 0) is 11.2 Å². The Balaban J connectivity index is 1.22. The highest BCUT2D eigenvalue weighted by Gasteiger charge is 2.46. The van der Waals surface area contributed by atoms with E-state index in [4.69, 9.17) is 4.52 Å². The summed E-state index contributed by atoms with van der Waals surface area (Å²) in [6.45, 7) is 1.81. The van der Waals surface area contributed by atoms with E-state index >= 15 is 0 Å². The second-order valence-corrected chi connectivity index (χ2v) is 7.17. The van der Waals surface area contributed by atoms with Crippen molar-refractivity contribution in [2.45, 2.75) is 44.9 Å². The van der Waals surface area contributed by atoms with Gasteiger partial charge in [-0.15, -0.1) is 0 Å². The second kappa shape index (κ2) is 5.43. The smallest absolute Gasteiger partial charge is 0.222 e. The molecule has 1 aliphatic heterocycles. The number of fused-ring (bicyclic) bond motifs is 1. The second-order valence-electron chi connectivity index (χ2n) is 7.17. The normalized spacial score (nSPS) is 32.2. The van der Waals surface area contributed by atoms with E-state index in [1.165, 1.54) is 25.7 Å². The van der Waals surface area contributed by atoms with Crippen LogP contribution in [-0.4, -0.2) is 34.0 Å². The van der Waals surface area contributed by atoms with Gasteiger partial charge in [-0.1, -0.05) is 5.16 Å². The summed E-state index contributed by atoms with van der Waals surface area (Å²) in [5.74, 6) is 4.40. The van der Waals surface area contributed by atoms with Gasteiger partial charge in [0.15, 0.2) is 5.82 Å². The molecule has 0 N–H and O–H groups in total. The molecule has 5 nitrogen and oxygen atoms in total. The molecule has 21 heavy (non-hydrogen) atoms. The average molecular weight is 289 g/mol. The maximum absolute atomic E-state index is 12.4. The molecule has 2 unspecified atom stereocenters. The van der Waals surface area contributed by atoms with Gasteiger partial charge >= 0.3 is 0 Å². The first-order valence-electron chi connectivity index (χ1n) is 8.31. The summed E-state index contributed by atoms with van der Waals surface area (Å²) in [7, 11) is 0. The summed E-state index contributed by atoms with van der Waals surface area (Å²) >= 11 is 0. The number of piperidine rings is 1. The van der Waals surface area contributed by atoms with Crippen LogP contribution in [0, 0.1) is 23.7 Å². The predicted octanol–water partition coefficient (Wildman–Crippen LogP) is 2.29. The SMILES string of the molecule is O=C(CC1CC2CC2C1)N1CCC(Cc2ncon2)CC1. The first kappa shape index (κ1) is 13.3. The molecule has 114 valence electrons. The van der Waals surface area contributed by atoms with E-state index in [2.05, 4.69) is 15.0 Å². The van der Waals surface area contributed by atoms with E-state index in [-0.39, 0.29) is 0 Å². The number of hydrogen-bond donors (Lipinski definition) is 0. The Morgan fingerprint density at radius 1 is 1.19 bits per heavy atom. The monoisotopic (exact) mass is 289 g/mol. The Labute approximate surface area is 125 Å². The lowest BCUT2D eigenvalue weighted by molar-refractivity contribution is -0.133. The number of carbonyl (C=O) groups excluding carboxylic acids is 1. The quantitative estimate of drug-likeness (QED) is 0.853. The zero-order chi connectivity index (χ0) is 14.2. The number of rotatable bonds is 4. The third-order valence-electron chi connectivity index (χ3n) is 5.65. The summed E-state index contributed by atoms with van der Waals surface area (Å²) < 4.78 is 4.78. The third-order valence-corrected chi connectivity index (χ3v) is 5.65. The van der Waals surface area contributed by atoms with Crippen molar-refractivity contribution in [2.24, 2.45) is 23.7 Å². The van der Waals surface area contributed by atoms with Crippen LogP contribution in [0.1, 0.15) is 44.3 Å². The number of amides is 1. The topological polar surface area (TPSA) is 59.2 Å². The maximum atomic E-state index is 12.4. The molecule has 2 aliphatic carbocycles. The zero-order valence-electron chi connectivity index (χ0n) is 12.4. The lowest BCUT2D eigenvalue weighted by atomic mass is 9.92.